The molecule has 2 heterocycles. The third-order valence-corrected chi connectivity index (χ3v) is 1.74. The quantitative estimate of drug-likeness (QED) is 0.155. The van der Waals surface area contributed by atoms with E-state index in [2.05, 4.69) is 51.2 Å². The molecule has 0 saturated heterocycles. The lowest BCUT2D eigenvalue weighted by Crippen LogP contribution is -2.48. The highest BCUT2D eigenvalue weighted by atomic mass is 15.5. The fourth-order valence-electron chi connectivity index (χ4n) is 1.03. The number of nitrogens with zero attached hydrogens (tertiary/aromatic N) is 6. The van der Waals surface area contributed by atoms with Crippen molar-refractivity contribution < 1.29 is 0 Å². The van der Waals surface area contributed by atoms with Crippen molar-refractivity contribution in [3.8, 4) is 0 Å². The molecule has 20 heavy (non-hydrogen) atoms. The number of H-pyrrole nitrogens is 2. The summed E-state index contributed by atoms with van der Waals surface area (Å²) >= 11 is 0. The number of rotatable bonds is 2. The van der Waals surface area contributed by atoms with E-state index in [1.807, 2.05) is 0 Å². The Balaban J connectivity index is 1.91. The molecule has 0 saturated carbocycles. The molecule has 0 spiro atoms. The van der Waals surface area contributed by atoms with Gasteiger partial charge >= 0.3 is 0 Å². The molecule has 14 nitrogen and oxygen atoms in total. The first kappa shape index (κ1) is 12.9. The van der Waals surface area contributed by atoms with Crippen LogP contribution in [0, 0.1) is 0 Å². The van der Waals surface area contributed by atoms with Crippen LogP contribution in [-0.2, 0) is 0 Å². The Kier molecular flexibility index (Phi) is 3.46. The number of nitrogen functional groups attached to an aromatic ring is 2. The first-order chi connectivity index (χ1) is 9.52. The van der Waals surface area contributed by atoms with Crippen LogP contribution >= 0.6 is 0 Å². The van der Waals surface area contributed by atoms with Crippen LogP contribution in [0.1, 0.15) is 0 Å². The number of aromatic nitrogens is 6. The van der Waals surface area contributed by atoms with E-state index in [4.69, 9.17) is 22.9 Å². The highest BCUT2D eigenvalue weighted by molar-refractivity contribution is 5.85. The van der Waals surface area contributed by atoms with Gasteiger partial charge < -0.3 is 22.9 Å². The first-order valence-corrected chi connectivity index (χ1v) is 5.09. The number of aromatic amines is 2. The molecule has 2 aromatic heterocycles. The number of hydrogen-bond acceptors (Lipinski definition) is 8. The third-order valence-electron chi connectivity index (χ3n) is 1.74. The lowest BCUT2D eigenvalue weighted by molar-refractivity contribution is 0.841. The molecule has 0 aliphatic rings. The monoisotopic (exact) mass is 280 g/mol. The van der Waals surface area contributed by atoms with Crippen LogP contribution in [0.3, 0.4) is 0 Å². The number of hydrazine groups is 1. The molecule has 12 N–H and O–H groups in total. The summed E-state index contributed by atoms with van der Waals surface area (Å²) in [7, 11) is 0. The van der Waals surface area contributed by atoms with Gasteiger partial charge in [-0.05, 0) is 0 Å². The predicted molar refractivity (Wildman–Crippen MR) is 70.4 cm³/mol. The summed E-state index contributed by atoms with van der Waals surface area (Å²) in [5.74, 6) is 0.243. The van der Waals surface area contributed by atoms with Crippen LogP contribution in [0.2, 0.25) is 0 Å². The lowest BCUT2D eigenvalue weighted by atomic mass is 10.9. The van der Waals surface area contributed by atoms with Crippen LogP contribution in [-0.4, -0.2) is 42.3 Å². The smallest absolute Gasteiger partial charge is 0.273 e. The summed E-state index contributed by atoms with van der Waals surface area (Å²) in [4.78, 5) is 15.0. The fourth-order valence-corrected chi connectivity index (χ4v) is 1.03. The Morgan fingerprint density at radius 3 is 1.55 bits per heavy atom. The average Bonchev–Trinajstić information content (AvgIpc) is 2.96. The largest absolute Gasteiger partial charge is 0.368 e. The van der Waals surface area contributed by atoms with Gasteiger partial charge in [-0.2, -0.15) is 20.0 Å². The van der Waals surface area contributed by atoms with Gasteiger partial charge in [-0.1, -0.05) is 0 Å². The fraction of sp³-hybridized carbons (Fsp3) is 0. The van der Waals surface area contributed by atoms with Gasteiger partial charge in [-0.15, -0.1) is 10.2 Å². The minimum Gasteiger partial charge on any atom is -0.368 e. The Morgan fingerprint density at radius 2 is 1.25 bits per heavy atom. The Bertz CT molecular complexity index is 575. The molecule has 2 rings (SSSR count). The summed E-state index contributed by atoms with van der Waals surface area (Å²) < 4.78 is 0. The highest BCUT2D eigenvalue weighted by Crippen LogP contribution is 2.03. The normalized spacial score (nSPS) is 12.4. The standard InChI is InChI=1S/C6H12N14/c7-1(11-5-13-3(9)17-19-5)15-16-2(8)12-6-14-4(10)18-20-6/h(H6,7,9,11,13,15,17,19)(H6,8,10,12,14,16,18,20). The summed E-state index contributed by atoms with van der Waals surface area (Å²) in [6.07, 6.45) is 0. The van der Waals surface area contributed by atoms with Gasteiger partial charge in [0.2, 0.25) is 23.8 Å². The van der Waals surface area contributed by atoms with Crippen molar-refractivity contribution in [1.29, 1.82) is 0 Å². The van der Waals surface area contributed by atoms with Crippen molar-refractivity contribution in [2.24, 2.45) is 21.5 Å². The zero-order valence-corrected chi connectivity index (χ0v) is 9.99. The molecule has 0 fully saturated rings. The Labute approximate surface area is 111 Å². The van der Waals surface area contributed by atoms with E-state index in [9.17, 15) is 0 Å². The molecule has 0 bridgehead atoms. The topological polar surface area (TPSA) is 236 Å². The van der Waals surface area contributed by atoms with Crippen molar-refractivity contribution in [1.82, 2.24) is 41.2 Å². The van der Waals surface area contributed by atoms with Crippen molar-refractivity contribution >= 4 is 35.7 Å². The SMILES string of the molecule is N/C(=N/c1n[nH]c(N)n1)NN/C(N)=N/c1n[nH]c(N)n1. The highest BCUT2D eigenvalue weighted by Gasteiger charge is 2.01. The second kappa shape index (κ2) is 5.38. The lowest BCUT2D eigenvalue weighted by Gasteiger charge is -2.05. The maximum atomic E-state index is 5.53. The summed E-state index contributed by atoms with van der Waals surface area (Å²) in [6.45, 7) is 0. The second-order valence-electron chi connectivity index (χ2n) is 3.29. The maximum Gasteiger partial charge on any atom is 0.273 e. The zero-order chi connectivity index (χ0) is 14.5. The molecule has 0 amide bonds. The second-order valence-corrected chi connectivity index (χ2v) is 3.29. The molecule has 14 heteroatoms. The summed E-state index contributed by atoms with van der Waals surface area (Å²) in [5, 5.41) is 12.1. The molecule has 0 unspecified atom stereocenters. The minimum atomic E-state index is -0.0587. The van der Waals surface area contributed by atoms with Gasteiger partial charge in [0.25, 0.3) is 11.9 Å². The number of nitrogens with one attached hydrogen (secondary N) is 4. The van der Waals surface area contributed by atoms with Crippen molar-refractivity contribution in [2.75, 3.05) is 11.5 Å². The van der Waals surface area contributed by atoms with Crippen molar-refractivity contribution in [3.63, 3.8) is 0 Å². The molecular weight excluding hydrogens is 268 g/mol. The van der Waals surface area contributed by atoms with E-state index in [-0.39, 0.29) is 35.7 Å². The van der Waals surface area contributed by atoms with E-state index < -0.39 is 0 Å². The van der Waals surface area contributed by atoms with E-state index in [0.717, 1.165) is 0 Å². The van der Waals surface area contributed by atoms with E-state index in [1.54, 1.807) is 0 Å². The maximum absolute atomic E-state index is 5.53. The molecular formula is C6H12N14. The predicted octanol–water partition coefficient (Wildman–Crippen LogP) is -3.23. The molecule has 0 radical (unpaired) electrons. The van der Waals surface area contributed by atoms with Gasteiger partial charge in [0.05, 0.1) is 0 Å². The number of aliphatic imine (C=N–C) groups is 2. The molecule has 0 aliphatic carbocycles. The minimum absolute atomic E-state index is 0.0587. The van der Waals surface area contributed by atoms with Gasteiger partial charge in [0, 0.05) is 0 Å². The van der Waals surface area contributed by atoms with Gasteiger partial charge in [-0.25, -0.2) is 10.2 Å². The Hall–Kier alpha value is -3.58. The molecule has 0 atom stereocenters. The van der Waals surface area contributed by atoms with Crippen molar-refractivity contribution in [2.45, 2.75) is 0 Å². The van der Waals surface area contributed by atoms with Crippen LogP contribution in [0.5, 0.6) is 0 Å². The molecule has 0 aliphatic heterocycles. The average molecular weight is 280 g/mol. The number of hydrogen-bond donors (Lipinski definition) is 8. The van der Waals surface area contributed by atoms with E-state index in [0.29, 0.717) is 0 Å². The third kappa shape index (κ3) is 3.45. The van der Waals surface area contributed by atoms with Crippen LogP contribution < -0.4 is 33.8 Å². The van der Waals surface area contributed by atoms with E-state index >= 15 is 0 Å². The molecule has 106 valence electrons. The van der Waals surface area contributed by atoms with Gasteiger partial charge in [0.15, 0.2) is 0 Å². The van der Waals surface area contributed by atoms with Crippen molar-refractivity contribution in [3.05, 3.63) is 0 Å². The van der Waals surface area contributed by atoms with E-state index in [1.165, 1.54) is 0 Å². The van der Waals surface area contributed by atoms with Crippen LogP contribution in [0.25, 0.3) is 0 Å². The molecule has 2 aromatic rings. The van der Waals surface area contributed by atoms with Crippen LogP contribution in [0.4, 0.5) is 23.8 Å². The summed E-state index contributed by atoms with van der Waals surface area (Å²) in [6, 6.07) is 0. The van der Waals surface area contributed by atoms with Crippen LogP contribution in [0.15, 0.2) is 9.98 Å². The summed E-state index contributed by atoms with van der Waals surface area (Å²) in [5.41, 5.74) is 26.6. The van der Waals surface area contributed by atoms with Gasteiger partial charge in [-0.3, -0.25) is 10.9 Å². The zero-order valence-electron chi connectivity index (χ0n) is 9.99. The molecule has 0 aromatic carbocycles. The number of nitrogens with two attached hydrogens (primary N) is 4. The Morgan fingerprint density at radius 1 is 0.850 bits per heavy atom. The first-order valence-electron chi connectivity index (χ1n) is 5.09. The number of anilines is 2. The number of guanidine groups is 2. The van der Waals surface area contributed by atoms with Gasteiger partial charge in [0.1, 0.15) is 0 Å².